The predicted molar refractivity (Wildman–Crippen MR) is 242 cm³/mol. The van der Waals surface area contributed by atoms with Gasteiger partial charge in [0.15, 0.2) is 0 Å². The summed E-state index contributed by atoms with van der Waals surface area (Å²) in [5.41, 5.74) is -1.38. The van der Waals surface area contributed by atoms with Gasteiger partial charge in [0.2, 0.25) is 0 Å². The lowest BCUT2D eigenvalue weighted by molar-refractivity contribution is -0.171. The topological polar surface area (TPSA) is 161 Å². The molecule has 13 nitrogen and oxygen atoms in total. The Morgan fingerprint density at radius 3 is 1.13 bits per heavy atom. The van der Waals surface area contributed by atoms with Crippen molar-refractivity contribution in [2.24, 2.45) is 11.3 Å². The molecule has 0 saturated carbocycles. The number of carbonyl (C=O) groups excluding carboxylic acids is 6. The van der Waals surface area contributed by atoms with E-state index >= 15 is 0 Å². The summed E-state index contributed by atoms with van der Waals surface area (Å²) in [4.78, 5) is 78.6. The quantitative estimate of drug-likeness (QED) is 0.0323. The first-order chi connectivity index (χ1) is 29.9. The van der Waals surface area contributed by atoms with E-state index in [1.165, 1.54) is 25.7 Å². The second-order valence-corrected chi connectivity index (χ2v) is 17.4. The minimum atomic E-state index is -1.38. The average Bonchev–Trinajstić information content (AvgIpc) is 3.25. The summed E-state index contributed by atoms with van der Waals surface area (Å²) < 4.78 is 33.7. The number of hydrogen-bond acceptors (Lipinski definition) is 13. The van der Waals surface area contributed by atoms with Gasteiger partial charge in [0.1, 0.15) is 31.8 Å². The van der Waals surface area contributed by atoms with Crippen molar-refractivity contribution in [2.45, 2.75) is 207 Å². The standard InChI is InChI=1S/C49H89NO12/c1-7-11-14-17-20-28-42(27-10-4)37-48(56)62-41-49(40-61-47(55)33-34-50(5)6,38-59-45(53)31-23-21-29-43(51)57-35-25-18-15-12-8-2)39-60-46(54)32-24-22-30-44(52)58-36-26-19-16-13-9-3/h42H,7-41H2,1-6H3. The van der Waals surface area contributed by atoms with Gasteiger partial charge in [-0.05, 0) is 65.0 Å². The van der Waals surface area contributed by atoms with Crippen molar-refractivity contribution in [2.75, 3.05) is 60.3 Å². The highest BCUT2D eigenvalue weighted by molar-refractivity contribution is 5.72. The average molecular weight is 884 g/mol. The third-order valence-electron chi connectivity index (χ3n) is 10.8. The molecule has 0 N–H and O–H groups in total. The number of rotatable bonds is 43. The molecular formula is C49H89NO12. The smallest absolute Gasteiger partial charge is 0.307 e. The van der Waals surface area contributed by atoms with Crippen LogP contribution in [0.3, 0.4) is 0 Å². The Kier molecular flexibility index (Phi) is 38.4. The van der Waals surface area contributed by atoms with Gasteiger partial charge in [-0.25, -0.2) is 0 Å². The van der Waals surface area contributed by atoms with E-state index in [1.807, 2.05) is 19.0 Å². The van der Waals surface area contributed by atoms with Gasteiger partial charge >= 0.3 is 35.8 Å². The van der Waals surface area contributed by atoms with Gasteiger partial charge < -0.3 is 33.3 Å². The van der Waals surface area contributed by atoms with E-state index in [0.29, 0.717) is 45.4 Å². The van der Waals surface area contributed by atoms with Crippen LogP contribution in [-0.2, 0) is 57.2 Å². The fourth-order valence-electron chi connectivity index (χ4n) is 6.81. The van der Waals surface area contributed by atoms with Crippen LogP contribution < -0.4 is 0 Å². The molecule has 362 valence electrons. The molecule has 0 fully saturated rings. The first-order valence-electron chi connectivity index (χ1n) is 24.5. The molecule has 13 heteroatoms. The summed E-state index contributed by atoms with van der Waals surface area (Å²) in [6.45, 7) is 8.50. The first-order valence-corrected chi connectivity index (χ1v) is 24.5. The summed E-state index contributed by atoms with van der Waals surface area (Å²) in [7, 11) is 3.67. The summed E-state index contributed by atoms with van der Waals surface area (Å²) in [5, 5.41) is 0. The Labute approximate surface area is 376 Å². The molecule has 0 aromatic heterocycles. The fourth-order valence-corrected chi connectivity index (χ4v) is 6.81. The molecule has 0 heterocycles. The number of esters is 6. The fraction of sp³-hybridized carbons (Fsp3) is 0.878. The van der Waals surface area contributed by atoms with E-state index in [4.69, 9.17) is 28.4 Å². The van der Waals surface area contributed by atoms with E-state index in [0.717, 1.165) is 89.9 Å². The molecular weight excluding hydrogens is 795 g/mol. The molecule has 0 amide bonds. The van der Waals surface area contributed by atoms with E-state index < -0.39 is 29.3 Å². The minimum absolute atomic E-state index is 0.0286. The summed E-state index contributed by atoms with van der Waals surface area (Å²) >= 11 is 0. The third kappa shape index (κ3) is 36.3. The molecule has 0 aliphatic heterocycles. The van der Waals surface area contributed by atoms with Crippen molar-refractivity contribution in [1.82, 2.24) is 4.90 Å². The minimum Gasteiger partial charge on any atom is -0.466 e. The Morgan fingerprint density at radius 2 is 0.742 bits per heavy atom. The van der Waals surface area contributed by atoms with Gasteiger partial charge in [-0.2, -0.15) is 0 Å². The highest BCUT2D eigenvalue weighted by Gasteiger charge is 2.38. The van der Waals surface area contributed by atoms with Crippen molar-refractivity contribution in [3.05, 3.63) is 0 Å². The zero-order valence-electron chi connectivity index (χ0n) is 40.2. The van der Waals surface area contributed by atoms with Gasteiger partial charge in [0.05, 0.1) is 19.6 Å². The maximum atomic E-state index is 13.4. The van der Waals surface area contributed by atoms with Gasteiger partial charge in [-0.1, -0.05) is 124 Å². The SMILES string of the molecule is CCCCCCCOC(=O)CCCCC(=O)OCC(COC(=O)CCCCC(=O)OCCCCCCC)(COC(=O)CCN(C)C)COC(=O)CC(CCC)CCCCCCC. The van der Waals surface area contributed by atoms with Gasteiger partial charge in [0.25, 0.3) is 0 Å². The largest absolute Gasteiger partial charge is 0.466 e. The Bertz CT molecular complexity index is 1120. The van der Waals surface area contributed by atoms with Crippen LogP contribution in [0.2, 0.25) is 0 Å². The first kappa shape index (κ1) is 58.8. The van der Waals surface area contributed by atoms with Gasteiger partial charge in [0, 0.05) is 38.6 Å². The van der Waals surface area contributed by atoms with Crippen molar-refractivity contribution in [3.63, 3.8) is 0 Å². The van der Waals surface area contributed by atoms with Crippen molar-refractivity contribution >= 4 is 35.8 Å². The third-order valence-corrected chi connectivity index (χ3v) is 10.8. The van der Waals surface area contributed by atoms with E-state index in [9.17, 15) is 28.8 Å². The van der Waals surface area contributed by atoms with E-state index in [2.05, 4.69) is 27.7 Å². The van der Waals surface area contributed by atoms with E-state index in [1.54, 1.807) is 0 Å². The Balaban J connectivity index is 5.69. The van der Waals surface area contributed by atoms with Crippen molar-refractivity contribution < 1.29 is 57.2 Å². The van der Waals surface area contributed by atoms with Crippen LogP contribution in [0.1, 0.15) is 207 Å². The molecule has 0 spiro atoms. The second kappa shape index (κ2) is 40.5. The van der Waals surface area contributed by atoms with Crippen LogP contribution in [0.5, 0.6) is 0 Å². The molecule has 0 aromatic carbocycles. The van der Waals surface area contributed by atoms with Gasteiger partial charge in [-0.3, -0.25) is 28.8 Å². The summed E-state index contributed by atoms with van der Waals surface area (Å²) in [6, 6.07) is 0. The van der Waals surface area contributed by atoms with Crippen LogP contribution in [0.25, 0.3) is 0 Å². The molecule has 0 saturated heterocycles. The molecule has 1 atom stereocenters. The zero-order chi connectivity index (χ0) is 46.1. The maximum absolute atomic E-state index is 13.4. The highest BCUT2D eigenvalue weighted by atomic mass is 16.6. The Morgan fingerprint density at radius 1 is 0.387 bits per heavy atom. The maximum Gasteiger partial charge on any atom is 0.307 e. The molecule has 62 heavy (non-hydrogen) atoms. The molecule has 0 aliphatic carbocycles. The lowest BCUT2D eigenvalue weighted by atomic mass is 9.91. The Hall–Kier alpha value is -3.22. The van der Waals surface area contributed by atoms with Crippen molar-refractivity contribution in [1.29, 1.82) is 0 Å². The second-order valence-electron chi connectivity index (χ2n) is 17.4. The van der Waals surface area contributed by atoms with Crippen LogP contribution >= 0.6 is 0 Å². The molecule has 0 aromatic rings. The molecule has 0 aliphatic rings. The molecule has 0 bridgehead atoms. The zero-order valence-corrected chi connectivity index (χ0v) is 40.2. The van der Waals surface area contributed by atoms with Crippen LogP contribution in [0.15, 0.2) is 0 Å². The van der Waals surface area contributed by atoms with Crippen molar-refractivity contribution in [3.8, 4) is 0 Å². The molecule has 0 rings (SSSR count). The molecule has 1 unspecified atom stereocenters. The van der Waals surface area contributed by atoms with Crippen LogP contribution in [-0.4, -0.2) is 101 Å². The highest BCUT2D eigenvalue weighted by Crippen LogP contribution is 2.25. The van der Waals surface area contributed by atoms with Crippen LogP contribution in [0, 0.1) is 11.3 Å². The summed E-state index contributed by atoms with van der Waals surface area (Å²) in [5.74, 6) is -2.44. The van der Waals surface area contributed by atoms with Gasteiger partial charge in [-0.15, -0.1) is 0 Å². The number of unbranched alkanes of at least 4 members (excludes halogenated alkanes) is 14. The normalized spacial score (nSPS) is 11.9. The number of ether oxygens (including phenoxy) is 6. The monoisotopic (exact) mass is 884 g/mol. The lowest BCUT2D eigenvalue weighted by Crippen LogP contribution is -2.44. The molecule has 0 radical (unpaired) electrons. The lowest BCUT2D eigenvalue weighted by Gasteiger charge is -2.32. The number of carbonyl (C=O) groups is 6. The summed E-state index contributed by atoms with van der Waals surface area (Å²) in [6.07, 6.45) is 21.5. The predicted octanol–water partition coefficient (Wildman–Crippen LogP) is 10.4. The number of hydrogen-bond donors (Lipinski definition) is 0. The van der Waals surface area contributed by atoms with Crippen LogP contribution in [0.4, 0.5) is 0 Å². The number of nitrogens with zero attached hydrogens (tertiary/aromatic N) is 1. The van der Waals surface area contributed by atoms with E-state index in [-0.39, 0.29) is 82.8 Å².